The second kappa shape index (κ2) is 8.07. The lowest BCUT2D eigenvalue weighted by atomic mass is 10.3. The lowest BCUT2D eigenvalue weighted by Gasteiger charge is -2.27. The highest BCUT2D eigenvalue weighted by atomic mass is 79.9. The van der Waals surface area contributed by atoms with Crippen molar-refractivity contribution in [2.24, 2.45) is 0 Å². The Morgan fingerprint density at radius 1 is 1.39 bits per heavy atom. The number of likely N-dealkylation sites (N-methyl/N-ethyl adjacent to an activating group) is 1. The highest BCUT2D eigenvalue weighted by Crippen LogP contribution is 2.20. The normalized spacial score (nSPS) is 15.0. The van der Waals surface area contributed by atoms with Gasteiger partial charge in [-0.2, -0.15) is 0 Å². The Kier molecular flexibility index (Phi) is 6.12. The summed E-state index contributed by atoms with van der Waals surface area (Å²) in [5.74, 6) is -0.551. The lowest BCUT2D eigenvalue weighted by Crippen LogP contribution is -2.51. The summed E-state index contributed by atoms with van der Waals surface area (Å²) in [6.07, 6.45) is 0. The molecule has 1 aromatic carbocycles. The van der Waals surface area contributed by atoms with Crippen molar-refractivity contribution in [1.29, 1.82) is 0 Å². The van der Waals surface area contributed by atoms with Crippen LogP contribution in [0.15, 0.2) is 28.7 Å². The van der Waals surface area contributed by atoms with Gasteiger partial charge >= 0.3 is 0 Å². The number of piperazine rings is 1. The van der Waals surface area contributed by atoms with Crippen molar-refractivity contribution >= 4 is 39.3 Å². The van der Waals surface area contributed by atoms with Crippen LogP contribution in [0.4, 0.5) is 5.69 Å². The second-order valence-corrected chi connectivity index (χ2v) is 6.19. The van der Waals surface area contributed by atoms with Crippen LogP contribution >= 0.6 is 15.9 Å². The molecule has 1 aromatic rings. The van der Waals surface area contributed by atoms with Crippen molar-refractivity contribution < 1.29 is 14.4 Å². The van der Waals surface area contributed by atoms with E-state index in [2.05, 4.69) is 26.6 Å². The van der Waals surface area contributed by atoms with Crippen molar-refractivity contribution in [3.63, 3.8) is 0 Å². The number of amides is 3. The summed E-state index contributed by atoms with van der Waals surface area (Å²) in [6, 6.07) is 7.27. The minimum atomic E-state index is -0.274. The Bertz CT molecular complexity index is 608. The van der Waals surface area contributed by atoms with Crippen LogP contribution in [-0.2, 0) is 14.4 Å². The minimum Gasteiger partial charge on any atom is -0.354 e. The summed E-state index contributed by atoms with van der Waals surface area (Å²) in [4.78, 5) is 38.6. The van der Waals surface area contributed by atoms with Gasteiger partial charge in [-0.1, -0.05) is 12.1 Å². The lowest BCUT2D eigenvalue weighted by molar-refractivity contribution is -0.135. The molecule has 2 rings (SSSR count). The van der Waals surface area contributed by atoms with E-state index in [1.807, 2.05) is 18.2 Å². The molecule has 7 nitrogen and oxygen atoms in total. The third kappa shape index (κ3) is 5.33. The average molecular weight is 383 g/mol. The molecule has 2 N–H and O–H groups in total. The monoisotopic (exact) mass is 382 g/mol. The largest absolute Gasteiger partial charge is 0.354 e. The van der Waals surface area contributed by atoms with E-state index in [0.717, 1.165) is 4.47 Å². The molecule has 0 radical (unpaired) electrons. The first-order valence-electron chi connectivity index (χ1n) is 7.23. The summed E-state index contributed by atoms with van der Waals surface area (Å²) in [6.45, 7) is 1.47. The molecule has 23 heavy (non-hydrogen) atoms. The van der Waals surface area contributed by atoms with Gasteiger partial charge in [0.05, 0.1) is 25.3 Å². The number of nitrogens with one attached hydrogen (secondary N) is 2. The Labute approximate surface area is 143 Å². The van der Waals surface area contributed by atoms with Crippen LogP contribution in [0, 0.1) is 0 Å². The maximum Gasteiger partial charge on any atom is 0.244 e. The van der Waals surface area contributed by atoms with Gasteiger partial charge in [-0.3, -0.25) is 19.3 Å². The fourth-order valence-electron chi connectivity index (χ4n) is 2.19. The van der Waals surface area contributed by atoms with E-state index < -0.39 is 0 Å². The predicted octanol–water partition coefficient (Wildman–Crippen LogP) is 0.278. The molecule has 0 aliphatic carbocycles. The zero-order valence-corrected chi connectivity index (χ0v) is 14.4. The quantitative estimate of drug-likeness (QED) is 0.766. The molecule has 0 spiro atoms. The smallest absolute Gasteiger partial charge is 0.244 e. The Hall–Kier alpha value is -1.93. The number of benzene rings is 1. The van der Waals surface area contributed by atoms with Crippen LogP contribution in [0.1, 0.15) is 0 Å². The fourth-order valence-corrected chi connectivity index (χ4v) is 2.58. The van der Waals surface area contributed by atoms with Crippen LogP contribution < -0.4 is 10.6 Å². The molecular formula is C15H19BrN4O3. The Morgan fingerprint density at radius 3 is 2.83 bits per heavy atom. The van der Waals surface area contributed by atoms with E-state index in [1.165, 1.54) is 4.90 Å². The summed E-state index contributed by atoms with van der Waals surface area (Å²) in [7, 11) is 1.58. The van der Waals surface area contributed by atoms with Gasteiger partial charge in [0.25, 0.3) is 0 Å². The first-order chi connectivity index (χ1) is 11.0. The van der Waals surface area contributed by atoms with Crippen LogP contribution in [-0.4, -0.2) is 67.3 Å². The third-order valence-electron chi connectivity index (χ3n) is 3.43. The molecule has 1 saturated heterocycles. The Morgan fingerprint density at radius 2 is 2.13 bits per heavy atom. The number of hydrogen-bond acceptors (Lipinski definition) is 4. The predicted molar refractivity (Wildman–Crippen MR) is 89.9 cm³/mol. The second-order valence-electron chi connectivity index (χ2n) is 5.34. The maximum atomic E-state index is 12.1. The summed E-state index contributed by atoms with van der Waals surface area (Å²) >= 11 is 3.35. The standard InChI is InChI=1S/C15H19BrN4O3/c1-19(15(23)10-20-7-6-17-13(21)9-20)8-14(22)18-12-5-3-2-4-11(12)16/h2-5H,6-10H2,1H3,(H,17,21)(H,18,22). The van der Waals surface area contributed by atoms with E-state index >= 15 is 0 Å². The number of anilines is 1. The van der Waals surface area contributed by atoms with E-state index in [1.54, 1.807) is 18.0 Å². The summed E-state index contributed by atoms with van der Waals surface area (Å²) in [5.41, 5.74) is 0.658. The van der Waals surface area contributed by atoms with Crippen molar-refractivity contribution in [3.05, 3.63) is 28.7 Å². The first-order valence-corrected chi connectivity index (χ1v) is 8.02. The first kappa shape index (κ1) is 17.4. The Balaban J connectivity index is 1.82. The number of para-hydroxylation sites is 1. The van der Waals surface area contributed by atoms with Gasteiger partial charge in [0.15, 0.2) is 0 Å². The summed E-state index contributed by atoms with van der Waals surface area (Å²) in [5, 5.41) is 5.45. The average Bonchev–Trinajstić information content (AvgIpc) is 2.49. The van der Waals surface area contributed by atoms with Gasteiger partial charge in [0.1, 0.15) is 0 Å². The SMILES string of the molecule is CN(CC(=O)Nc1ccccc1Br)C(=O)CN1CCNC(=O)C1. The van der Waals surface area contributed by atoms with Crippen molar-refractivity contribution in [3.8, 4) is 0 Å². The van der Waals surface area contributed by atoms with E-state index in [0.29, 0.717) is 18.8 Å². The zero-order valence-electron chi connectivity index (χ0n) is 12.8. The summed E-state index contributed by atoms with van der Waals surface area (Å²) < 4.78 is 0.779. The highest BCUT2D eigenvalue weighted by molar-refractivity contribution is 9.10. The zero-order chi connectivity index (χ0) is 16.8. The molecule has 3 amide bonds. The molecule has 0 saturated carbocycles. The van der Waals surface area contributed by atoms with Crippen molar-refractivity contribution in [2.75, 3.05) is 45.1 Å². The van der Waals surface area contributed by atoms with E-state index in [4.69, 9.17) is 0 Å². The maximum absolute atomic E-state index is 12.1. The van der Waals surface area contributed by atoms with Crippen LogP contribution in [0.5, 0.6) is 0 Å². The van der Waals surface area contributed by atoms with E-state index in [9.17, 15) is 14.4 Å². The van der Waals surface area contributed by atoms with Crippen molar-refractivity contribution in [1.82, 2.24) is 15.1 Å². The molecule has 0 unspecified atom stereocenters. The van der Waals surface area contributed by atoms with Crippen LogP contribution in [0.3, 0.4) is 0 Å². The molecular weight excluding hydrogens is 364 g/mol. The van der Waals surface area contributed by atoms with Crippen molar-refractivity contribution in [2.45, 2.75) is 0 Å². The van der Waals surface area contributed by atoms with Gasteiger partial charge in [-0.25, -0.2) is 0 Å². The molecule has 124 valence electrons. The van der Waals surface area contributed by atoms with E-state index in [-0.39, 0.29) is 37.4 Å². The van der Waals surface area contributed by atoms with Gasteiger partial charge < -0.3 is 15.5 Å². The van der Waals surface area contributed by atoms with Crippen LogP contribution in [0.2, 0.25) is 0 Å². The minimum absolute atomic E-state index is 0.0415. The molecule has 0 bridgehead atoms. The van der Waals surface area contributed by atoms with Gasteiger partial charge in [-0.05, 0) is 28.1 Å². The molecule has 0 atom stereocenters. The highest BCUT2D eigenvalue weighted by Gasteiger charge is 2.21. The van der Waals surface area contributed by atoms with Gasteiger partial charge in [0, 0.05) is 24.6 Å². The van der Waals surface area contributed by atoms with Gasteiger partial charge in [-0.15, -0.1) is 0 Å². The third-order valence-corrected chi connectivity index (χ3v) is 4.12. The number of carbonyl (C=O) groups excluding carboxylic acids is 3. The number of carbonyl (C=O) groups is 3. The molecule has 1 aliphatic rings. The number of halogens is 1. The molecule has 1 aliphatic heterocycles. The molecule has 8 heteroatoms. The van der Waals surface area contributed by atoms with Gasteiger partial charge in [0.2, 0.25) is 17.7 Å². The number of rotatable bonds is 5. The number of nitrogens with zero attached hydrogens (tertiary/aromatic N) is 2. The molecule has 1 fully saturated rings. The molecule has 1 heterocycles. The van der Waals surface area contributed by atoms with Crippen LogP contribution in [0.25, 0.3) is 0 Å². The topological polar surface area (TPSA) is 81.8 Å². The molecule has 0 aromatic heterocycles. The fraction of sp³-hybridized carbons (Fsp3) is 0.400. The number of hydrogen-bond donors (Lipinski definition) is 2.